The van der Waals surface area contributed by atoms with E-state index in [1.54, 1.807) is 6.07 Å². The van der Waals surface area contributed by atoms with Gasteiger partial charge >= 0.3 is 0 Å². The van der Waals surface area contributed by atoms with Crippen LogP contribution in [0.25, 0.3) is 0 Å². The molecule has 0 bridgehead atoms. The number of allylic oxidation sites excluding steroid dienone is 2. The van der Waals surface area contributed by atoms with Gasteiger partial charge in [-0.2, -0.15) is 0 Å². The number of hydrogen-bond donors (Lipinski definition) is 0. The van der Waals surface area contributed by atoms with Crippen molar-refractivity contribution in [3.8, 4) is 11.5 Å². The SMILES string of the molecule is C/C=C\CCCOc1cc([N+](=O)[O-])ccc1OC. The van der Waals surface area contributed by atoms with Gasteiger partial charge in [0.05, 0.1) is 24.7 Å². The Kier molecular flexibility index (Phi) is 5.70. The number of rotatable bonds is 7. The molecule has 18 heavy (non-hydrogen) atoms. The lowest BCUT2D eigenvalue weighted by atomic mass is 10.2. The monoisotopic (exact) mass is 251 g/mol. The van der Waals surface area contributed by atoms with Crippen LogP contribution in [0.2, 0.25) is 0 Å². The van der Waals surface area contributed by atoms with E-state index in [1.165, 1.54) is 19.2 Å². The third-order valence-electron chi connectivity index (χ3n) is 2.37. The van der Waals surface area contributed by atoms with E-state index in [0.29, 0.717) is 18.1 Å². The summed E-state index contributed by atoms with van der Waals surface area (Å²) in [6, 6.07) is 4.32. The van der Waals surface area contributed by atoms with Crippen molar-refractivity contribution in [2.75, 3.05) is 13.7 Å². The van der Waals surface area contributed by atoms with Gasteiger partial charge in [-0.1, -0.05) is 12.2 Å². The van der Waals surface area contributed by atoms with Gasteiger partial charge in [0, 0.05) is 6.07 Å². The molecular weight excluding hydrogens is 234 g/mol. The lowest BCUT2D eigenvalue weighted by Gasteiger charge is -2.09. The third kappa shape index (κ3) is 4.08. The number of benzene rings is 1. The number of nitro groups is 1. The molecule has 0 spiro atoms. The molecule has 0 aliphatic carbocycles. The van der Waals surface area contributed by atoms with E-state index >= 15 is 0 Å². The Balaban J connectivity index is 2.66. The van der Waals surface area contributed by atoms with Crippen molar-refractivity contribution in [3.63, 3.8) is 0 Å². The van der Waals surface area contributed by atoms with Crippen molar-refractivity contribution in [2.24, 2.45) is 0 Å². The zero-order chi connectivity index (χ0) is 13.4. The number of methoxy groups -OCH3 is 1. The molecule has 1 aromatic rings. The smallest absolute Gasteiger partial charge is 0.273 e. The second-order valence-electron chi connectivity index (χ2n) is 3.65. The van der Waals surface area contributed by atoms with Crippen molar-refractivity contribution < 1.29 is 14.4 Å². The summed E-state index contributed by atoms with van der Waals surface area (Å²) in [7, 11) is 1.51. The molecule has 0 aliphatic rings. The normalized spacial score (nSPS) is 10.6. The van der Waals surface area contributed by atoms with Crippen LogP contribution >= 0.6 is 0 Å². The number of unbranched alkanes of at least 4 members (excludes halogenated alkanes) is 1. The fourth-order valence-corrected chi connectivity index (χ4v) is 1.44. The number of nitro benzene ring substituents is 1. The molecule has 5 heteroatoms. The van der Waals surface area contributed by atoms with Crippen LogP contribution in [-0.2, 0) is 0 Å². The highest BCUT2D eigenvalue weighted by atomic mass is 16.6. The van der Waals surface area contributed by atoms with Crippen molar-refractivity contribution in [1.82, 2.24) is 0 Å². The minimum atomic E-state index is -0.452. The summed E-state index contributed by atoms with van der Waals surface area (Å²) < 4.78 is 10.6. The number of non-ortho nitro benzene ring substituents is 1. The van der Waals surface area contributed by atoms with Crippen molar-refractivity contribution in [3.05, 3.63) is 40.5 Å². The molecule has 0 saturated carbocycles. The number of hydrogen-bond acceptors (Lipinski definition) is 4. The van der Waals surface area contributed by atoms with E-state index in [0.717, 1.165) is 12.8 Å². The Labute approximate surface area is 106 Å². The largest absolute Gasteiger partial charge is 0.493 e. The maximum Gasteiger partial charge on any atom is 0.273 e. The summed E-state index contributed by atoms with van der Waals surface area (Å²) in [5.74, 6) is 0.916. The van der Waals surface area contributed by atoms with Gasteiger partial charge in [-0.25, -0.2) is 0 Å². The molecule has 0 fully saturated rings. The average molecular weight is 251 g/mol. The first-order valence-electron chi connectivity index (χ1n) is 5.75. The Hall–Kier alpha value is -2.04. The first-order chi connectivity index (χ1) is 8.69. The molecular formula is C13H17NO4. The fourth-order valence-electron chi connectivity index (χ4n) is 1.44. The molecule has 0 heterocycles. The maximum atomic E-state index is 10.7. The minimum absolute atomic E-state index is 0.000691. The lowest BCUT2D eigenvalue weighted by molar-refractivity contribution is -0.385. The highest BCUT2D eigenvalue weighted by Gasteiger charge is 2.12. The molecule has 1 aromatic carbocycles. The second kappa shape index (κ2) is 7.32. The van der Waals surface area contributed by atoms with E-state index in [-0.39, 0.29) is 5.69 Å². The van der Waals surface area contributed by atoms with Crippen molar-refractivity contribution in [1.29, 1.82) is 0 Å². The highest BCUT2D eigenvalue weighted by Crippen LogP contribution is 2.31. The van der Waals surface area contributed by atoms with Crippen LogP contribution in [0.3, 0.4) is 0 Å². The molecule has 98 valence electrons. The average Bonchev–Trinajstić information content (AvgIpc) is 2.38. The Morgan fingerprint density at radius 3 is 2.78 bits per heavy atom. The van der Waals surface area contributed by atoms with Gasteiger partial charge in [0.25, 0.3) is 5.69 Å². The van der Waals surface area contributed by atoms with Gasteiger partial charge in [-0.3, -0.25) is 10.1 Å². The van der Waals surface area contributed by atoms with Crippen LogP contribution < -0.4 is 9.47 Å². The molecule has 0 amide bonds. The first kappa shape index (κ1) is 14.0. The van der Waals surface area contributed by atoms with Crippen molar-refractivity contribution >= 4 is 5.69 Å². The zero-order valence-corrected chi connectivity index (χ0v) is 10.6. The first-order valence-corrected chi connectivity index (χ1v) is 5.75. The van der Waals surface area contributed by atoms with Gasteiger partial charge in [0.15, 0.2) is 11.5 Å². The van der Waals surface area contributed by atoms with Crippen LogP contribution in [0.15, 0.2) is 30.4 Å². The predicted molar refractivity (Wildman–Crippen MR) is 69.2 cm³/mol. The van der Waals surface area contributed by atoms with E-state index in [9.17, 15) is 10.1 Å². The fraction of sp³-hybridized carbons (Fsp3) is 0.385. The van der Waals surface area contributed by atoms with Crippen LogP contribution in [0.5, 0.6) is 11.5 Å². The highest BCUT2D eigenvalue weighted by molar-refractivity contribution is 5.48. The van der Waals surface area contributed by atoms with Crippen molar-refractivity contribution in [2.45, 2.75) is 19.8 Å². The Morgan fingerprint density at radius 2 is 2.17 bits per heavy atom. The summed E-state index contributed by atoms with van der Waals surface area (Å²) in [6.45, 7) is 2.46. The predicted octanol–water partition coefficient (Wildman–Crippen LogP) is 3.34. The van der Waals surface area contributed by atoms with Crippen LogP contribution in [0.1, 0.15) is 19.8 Å². The summed E-state index contributed by atoms with van der Waals surface area (Å²) in [6.07, 6.45) is 5.81. The second-order valence-corrected chi connectivity index (χ2v) is 3.65. The number of nitrogens with zero attached hydrogens (tertiary/aromatic N) is 1. The van der Waals surface area contributed by atoms with Crippen LogP contribution in [-0.4, -0.2) is 18.6 Å². The summed E-state index contributed by atoms with van der Waals surface area (Å²) in [4.78, 5) is 10.2. The summed E-state index contributed by atoms with van der Waals surface area (Å²) >= 11 is 0. The van der Waals surface area contributed by atoms with Crippen LogP contribution in [0.4, 0.5) is 5.69 Å². The number of ether oxygens (including phenoxy) is 2. The van der Waals surface area contributed by atoms with E-state index < -0.39 is 4.92 Å². The third-order valence-corrected chi connectivity index (χ3v) is 2.37. The van der Waals surface area contributed by atoms with Gasteiger partial charge in [0.1, 0.15) is 0 Å². The molecule has 0 radical (unpaired) electrons. The maximum absolute atomic E-state index is 10.7. The quantitative estimate of drug-likeness (QED) is 0.323. The van der Waals surface area contributed by atoms with Crippen LogP contribution in [0, 0.1) is 10.1 Å². The molecule has 0 N–H and O–H groups in total. The molecule has 5 nitrogen and oxygen atoms in total. The molecule has 0 saturated heterocycles. The summed E-state index contributed by atoms with van der Waals surface area (Å²) in [5.41, 5.74) is -0.000691. The molecule has 0 unspecified atom stereocenters. The van der Waals surface area contributed by atoms with Gasteiger partial charge in [-0.15, -0.1) is 0 Å². The summed E-state index contributed by atoms with van der Waals surface area (Å²) in [5, 5.41) is 10.7. The zero-order valence-electron chi connectivity index (χ0n) is 10.6. The van der Waals surface area contributed by atoms with E-state index in [1.807, 2.05) is 19.1 Å². The standard InChI is InChI=1S/C13H17NO4/c1-3-4-5-6-9-18-13-10-11(14(15)16)7-8-12(13)17-2/h3-4,7-8,10H,5-6,9H2,1-2H3/b4-3-. The van der Waals surface area contributed by atoms with Gasteiger partial charge < -0.3 is 9.47 Å². The van der Waals surface area contributed by atoms with Gasteiger partial charge in [-0.05, 0) is 25.8 Å². The lowest BCUT2D eigenvalue weighted by Crippen LogP contribution is -2.00. The topological polar surface area (TPSA) is 61.6 Å². The van der Waals surface area contributed by atoms with E-state index in [2.05, 4.69) is 0 Å². The Morgan fingerprint density at radius 1 is 1.39 bits per heavy atom. The molecule has 1 rings (SSSR count). The molecule has 0 aromatic heterocycles. The van der Waals surface area contributed by atoms with E-state index in [4.69, 9.17) is 9.47 Å². The molecule has 0 atom stereocenters. The molecule has 0 aliphatic heterocycles. The Bertz CT molecular complexity index is 429. The van der Waals surface area contributed by atoms with Gasteiger partial charge in [0.2, 0.25) is 0 Å². The minimum Gasteiger partial charge on any atom is -0.493 e.